The van der Waals surface area contributed by atoms with Crippen molar-refractivity contribution in [3.05, 3.63) is 72.2 Å². The molecule has 0 radical (unpaired) electrons. The van der Waals surface area contributed by atoms with Crippen molar-refractivity contribution < 1.29 is 37.6 Å². The molecule has 0 unspecified atom stereocenters. The van der Waals surface area contributed by atoms with E-state index in [1.54, 1.807) is 19.2 Å². The monoisotopic (exact) mass is 554 g/mol. The quantitative estimate of drug-likeness (QED) is 0.220. The molecule has 1 amide bonds. The molecule has 2 heterocycles. The number of halogens is 2. The van der Waals surface area contributed by atoms with Gasteiger partial charge in [-0.2, -0.15) is 0 Å². The number of benzene rings is 2. The van der Waals surface area contributed by atoms with Gasteiger partial charge in [-0.15, -0.1) is 0 Å². The number of hydrogen-bond acceptors (Lipinski definition) is 9. The number of methoxy groups -OCH3 is 1. The molecule has 0 fully saturated rings. The smallest absolute Gasteiger partial charge is 0.261 e. The van der Waals surface area contributed by atoms with E-state index in [9.17, 15) is 9.90 Å². The Balaban J connectivity index is 1.57. The molecule has 40 heavy (non-hydrogen) atoms. The SMILES string of the molecule is CNCCOc1cc2nccc(Oc3c(F)cc(NC(=O)c4cnccc4OC[C@@H](C)O)cc3F)c2cc1OC. The minimum Gasteiger partial charge on any atom is -0.493 e. The van der Waals surface area contributed by atoms with Crippen LogP contribution in [0.2, 0.25) is 0 Å². The van der Waals surface area contributed by atoms with Gasteiger partial charge in [0.05, 0.1) is 24.3 Å². The van der Waals surface area contributed by atoms with Gasteiger partial charge in [0.15, 0.2) is 28.9 Å². The summed E-state index contributed by atoms with van der Waals surface area (Å²) in [5.74, 6) is -2.32. The number of aliphatic hydroxyl groups is 1. The number of hydrogen-bond donors (Lipinski definition) is 3. The topological polar surface area (TPSA) is 124 Å². The highest BCUT2D eigenvalue weighted by Gasteiger charge is 2.20. The Morgan fingerprint density at radius 2 is 1.77 bits per heavy atom. The first-order valence-corrected chi connectivity index (χ1v) is 12.3. The number of carbonyl (C=O) groups is 1. The number of amides is 1. The van der Waals surface area contributed by atoms with Crippen LogP contribution in [0.4, 0.5) is 14.5 Å². The standard InChI is InChI=1S/C28H28F2N4O6/c1-16(35)15-39-23-4-6-32-14-19(23)28(36)34-17-10-20(29)27(21(30)11-17)40-24-5-7-33-22-13-26(38-9-8-31-2)25(37-3)12-18(22)24/h4-7,10-14,16,31,35H,8-9,15H2,1-3H3,(H,34,36)/t16-/m1/s1. The zero-order chi connectivity index (χ0) is 28.6. The molecular weight excluding hydrogens is 526 g/mol. The maximum Gasteiger partial charge on any atom is 0.261 e. The second-order valence-corrected chi connectivity index (χ2v) is 8.64. The van der Waals surface area contributed by atoms with Crippen LogP contribution in [0.1, 0.15) is 17.3 Å². The second-order valence-electron chi connectivity index (χ2n) is 8.64. The van der Waals surface area contributed by atoms with Crippen LogP contribution in [0.5, 0.6) is 28.7 Å². The summed E-state index contributed by atoms with van der Waals surface area (Å²) in [7, 11) is 3.28. The lowest BCUT2D eigenvalue weighted by Gasteiger charge is -2.15. The van der Waals surface area contributed by atoms with Gasteiger partial charge in [-0.25, -0.2) is 8.78 Å². The van der Waals surface area contributed by atoms with Crippen LogP contribution in [0.15, 0.2) is 55.0 Å². The number of nitrogens with zero attached hydrogens (tertiary/aromatic N) is 2. The molecular formula is C28H28F2N4O6. The Hall–Kier alpha value is -4.55. The number of ether oxygens (including phenoxy) is 4. The molecule has 0 saturated carbocycles. The predicted molar refractivity (Wildman–Crippen MR) is 144 cm³/mol. The summed E-state index contributed by atoms with van der Waals surface area (Å²) in [5.41, 5.74) is 0.339. The van der Waals surface area contributed by atoms with Crippen molar-refractivity contribution in [1.82, 2.24) is 15.3 Å². The lowest BCUT2D eigenvalue weighted by Crippen LogP contribution is -2.17. The van der Waals surface area contributed by atoms with E-state index < -0.39 is 29.4 Å². The van der Waals surface area contributed by atoms with Crippen LogP contribution in [0.25, 0.3) is 10.9 Å². The van der Waals surface area contributed by atoms with Crippen LogP contribution >= 0.6 is 0 Å². The van der Waals surface area contributed by atoms with Crippen molar-refractivity contribution in [2.45, 2.75) is 13.0 Å². The fraction of sp³-hybridized carbons (Fsp3) is 0.250. The molecule has 4 aromatic rings. The molecule has 0 aliphatic carbocycles. The molecule has 1 atom stereocenters. The highest BCUT2D eigenvalue weighted by atomic mass is 19.1. The Bertz CT molecular complexity index is 1480. The number of likely N-dealkylation sites (N-methyl/N-ethyl adjacent to an activating group) is 1. The molecule has 2 aromatic heterocycles. The summed E-state index contributed by atoms with van der Waals surface area (Å²) in [6.07, 6.45) is 3.33. The van der Waals surface area contributed by atoms with Gasteiger partial charge in [-0.05, 0) is 32.2 Å². The molecule has 0 spiro atoms. The van der Waals surface area contributed by atoms with Gasteiger partial charge in [0.25, 0.3) is 5.91 Å². The average molecular weight is 555 g/mol. The van der Waals surface area contributed by atoms with E-state index in [0.717, 1.165) is 12.1 Å². The van der Waals surface area contributed by atoms with Crippen LogP contribution < -0.4 is 29.6 Å². The van der Waals surface area contributed by atoms with Gasteiger partial charge >= 0.3 is 0 Å². The third kappa shape index (κ3) is 6.71. The first kappa shape index (κ1) is 28.5. The van der Waals surface area contributed by atoms with E-state index in [1.165, 1.54) is 44.8 Å². The van der Waals surface area contributed by atoms with Gasteiger partial charge in [0, 0.05) is 54.4 Å². The van der Waals surface area contributed by atoms with E-state index in [0.29, 0.717) is 35.6 Å². The molecule has 0 saturated heterocycles. The lowest BCUT2D eigenvalue weighted by atomic mass is 10.1. The van der Waals surface area contributed by atoms with Gasteiger partial charge in [0.2, 0.25) is 0 Å². The molecule has 0 aliphatic rings. The van der Waals surface area contributed by atoms with Crippen molar-refractivity contribution in [2.24, 2.45) is 0 Å². The van der Waals surface area contributed by atoms with Crippen LogP contribution in [-0.2, 0) is 0 Å². The third-order valence-corrected chi connectivity index (χ3v) is 5.57. The van der Waals surface area contributed by atoms with E-state index in [-0.39, 0.29) is 29.4 Å². The number of rotatable bonds is 12. The molecule has 2 aromatic carbocycles. The number of anilines is 1. The summed E-state index contributed by atoms with van der Waals surface area (Å²) in [6.45, 7) is 2.48. The van der Waals surface area contributed by atoms with Gasteiger partial charge in [-0.1, -0.05) is 0 Å². The minimum atomic E-state index is -1.05. The average Bonchev–Trinajstić information content (AvgIpc) is 2.93. The van der Waals surface area contributed by atoms with Gasteiger partial charge in [-0.3, -0.25) is 14.8 Å². The predicted octanol–water partition coefficient (Wildman–Crippen LogP) is 4.32. The molecule has 12 heteroatoms. The van der Waals surface area contributed by atoms with Gasteiger partial charge < -0.3 is 34.7 Å². The third-order valence-electron chi connectivity index (χ3n) is 5.57. The Morgan fingerprint density at radius 3 is 2.48 bits per heavy atom. The fourth-order valence-electron chi connectivity index (χ4n) is 3.68. The summed E-state index contributed by atoms with van der Waals surface area (Å²) >= 11 is 0. The van der Waals surface area contributed by atoms with Crippen molar-refractivity contribution >= 4 is 22.5 Å². The molecule has 210 valence electrons. The van der Waals surface area contributed by atoms with Crippen molar-refractivity contribution in [1.29, 1.82) is 0 Å². The summed E-state index contributed by atoms with van der Waals surface area (Å²) in [4.78, 5) is 21.0. The van der Waals surface area contributed by atoms with Crippen LogP contribution in [-0.4, -0.2) is 61.0 Å². The van der Waals surface area contributed by atoms with Crippen molar-refractivity contribution in [2.75, 3.05) is 39.2 Å². The van der Waals surface area contributed by atoms with E-state index in [4.69, 9.17) is 18.9 Å². The maximum absolute atomic E-state index is 15.1. The van der Waals surface area contributed by atoms with Crippen molar-refractivity contribution in [3.63, 3.8) is 0 Å². The number of fused-ring (bicyclic) bond motifs is 1. The largest absolute Gasteiger partial charge is 0.493 e. The van der Waals surface area contributed by atoms with Crippen LogP contribution in [0, 0.1) is 11.6 Å². The maximum atomic E-state index is 15.1. The van der Waals surface area contributed by atoms with Crippen LogP contribution in [0.3, 0.4) is 0 Å². The number of pyridine rings is 2. The zero-order valence-corrected chi connectivity index (χ0v) is 22.0. The Kier molecular flexibility index (Phi) is 9.25. The highest BCUT2D eigenvalue weighted by Crippen LogP contribution is 2.38. The summed E-state index contributed by atoms with van der Waals surface area (Å²) < 4.78 is 52.4. The lowest BCUT2D eigenvalue weighted by molar-refractivity contribution is 0.100. The highest BCUT2D eigenvalue weighted by molar-refractivity contribution is 6.06. The summed E-state index contributed by atoms with van der Waals surface area (Å²) in [6, 6.07) is 8.04. The first-order valence-electron chi connectivity index (χ1n) is 12.3. The number of aliphatic hydroxyl groups excluding tert-OH is 1. The zero-order valence-electron chi connectivity index (χ0n) is 22.0. The second kappa shape index (κ2) is 13.0. The minimum absolute atomic E-state index is 0.0239. The molecule has 0 bridgehead atoms. The van der Waals surface area contributed by atoms with E-state index in [1.807, 2.05) is 0 Å². The number of nitrogens with one attached hydrogen (secondary N) is 2. The number of carbonyl (C=O) groups excluding carboxylic acids is 1. The Labute approximate surface area is 228 Å². The van der Waals surface area contributed by atoms with Crippen molar-refractivity contribution in [3.8, 4) is 28.7 Å². The van der Waals surface area contributed by atoms with Gasteiger partial charge in [0.1, 0.15) is 24.7 Å². The molecule has 3 N–H and O–H groups in total. The molecule has 10 nitrogen and oxygen atoms in total. The van der Waals surface area contributed by atoms with E-state index in [2.05, 4.69) is 20.6 Å². The normalized spacial score (nSPS) is 11.7. The van der Waals surface area contributed by atoms with E-state index >= 15 is 8.78 Å². The fourth-order valence-corrected chi connectivity index (χ4v) is 3.68. The first-order chi connectivity index (χ1) is 19.3. The summed E-state index contributed by atoms with van der Waals surface area (Å²) in [5, 5.41) is 15.3. The Morgan fingerprint density at radius 1 is 1.02 bits per heavy atom. The number of aromatic nitrogens is 2. The molecule has 0 aliphatic heterocycles. The molecule has 4 rings (SSSR count).